The van der Waals surface area contributed by atoms with E-state index in [2.05, 4.69) is 12.2 Å². The molecule has 2 heterocycles. The van der Waals surface area contributed by atoms with Gasteiger partial charge in [0, 0.05) is 25.2 Å². The van der Waals surface area contributed by atoms with Gasteiger partial charge in [0.05, 0.1) is 6.61 Å². The lowest BCUT2D eigenvalue weighted by Gasteiger charge is -2.26. The van der Waals surface area contributed by atoms with E-state index < -0.39 is 0 Å². The van der Waals surface area contributed by atoms with E-state index in [1.807, 2.05) is 0 Å². The standard InChI is InChI=1S/C9H17NO2/c1-7-6-12-9(10-7)8-2-4-11-5-3-8/h7-10H,2-6H2,1H3. The van der Waals surface area contributed by atoms with E-state index in [0.29, 0.717) is 18.2 Å². The first-order valence-electron chi connectivity index (χ1n) is 4.81. The lowest BCUT2D eigenvalue weighted by atomic mass is 9.98. The normalized spacial score (nSPS) is 38.8. The third-order valence-electron chi connectivity index (χ3n) is 2.67. The summed E-state index contributed by atoms with van der Waals surface area (Å²) in [5, 5.41) is 3.45. The molecule has 0 spiro atoms. The zero-order valence-corrected chi connectivity index (χ0v) is 7.58. The average molecular weight is 171 g/mol. The Morgan fingerprint density at radius 2 is 2.00 bits per heavy atom. The molecule has 2 saturated heterocycles. The Morgan fingerprint density at radius 3 is 2.58 bits per heavy atom. The van der Waals surface area contributed by atoms with E-state index in [4.69, 9.17) is 9.47 Å². The molecule has 0 saturated carbocycles. The van der Waals surface area contributed by atoms with Crippen molar-refractivity contribution >= 4 is 0 Å². The number of hydrogen-bond donors (Lipinski definition) is 1. The minimum Gasteiger partial charge on any atom is -0.381 e. The van der Waals surface area contributed by atoms with Crippen LogP contribution in [-0.2, 0) is 9.47 Å². The SMILES string of the molecule is CC1COC(C2CCOCC2)N1. The molecule has 0 aromatic heterocycles. The van der Waals surface area contributed by atoms with Gasteiger partial charge < -0.3 is 9.47 Å². The lowest BCUT2D eigenvalue weighted by Crippen LogP contribution is -2.37. The lowest BCUT2D eigenvalue weighted by molar-refractivity contribution is -0.0126. The van der Waals surface area contributed by atoms with Crippen molar-refractivity contribution in [3.05, 3.63) is 0 Å². The maximum Gasteiger partial charge on any atom is 0.111 e. The molecule has 2 aliphatic heterocycles. The molecule has 0 amide bonds. The highest BCUT2D eigenvalue weighted by Crippen LogP contribution is 2.22. The van der Waals surface area contributed by atoms with Gasteiger partial charge in [-0.3, -0.25) is 5.32 Å². The van der Waals surface area contributed by atoms with Gasteiger partial charge in [-0.05, 0) is 19.8 Å². The Bertz CT molecular complexity index is 143. The molecule has 0 radical (unpaired) electrons. The van der Waals surface area contributed by atoms with Crippen molar-refractivity contribution in [3.63, 3.8) is 0 Å². The van der Waals surface area contributed by atoms with Gasteiger partial charge in [-0.1, -0.05) is 0 Å². The molecule has 2 atom stereocenters. The van der Waals surface area contributed by atoms with Gasteiger partial charge in [-0.2, -0.15) is 0 Å². The minimum atomic E-state index is 0.295. The summed E-state index contributed by atoms with van der Waals surface area (Å²) in [6.45, 7) is 4.84. The molecular weight excluding hydrogens is 154 g/mol. The van der Waals surface area contributed by atoms with Gasteiger partial charge >= 0.3 is 0 Å². The third-order valence-corrected chi connectivity index (χ3v) is 2.67. The number of rotatable bonds is 1. The molecule has 2 fully saturated rings. The van der Waals surface area contributed by atoms with Crippen molar-refractivity contribution in [2.45, 2.75) is 32.0 Å². The highest BCUT2D eigenvalue weighted by Gasteiger charge is 2.29. The molecule has 2 rings (SSSR count). The molecule has 70 valence electrons. The molecule has 0 aliphatic carbocycles. The van der Waals surface area contributed by atoms with Gasteiger partial charge in [0.15, 0.2) is 0 Å². The van der Waals surface area contributed by atoms with Crippen molar-refractivity contribution in [1.82, 2.24) is 5.32 Å². The van der Waals surface area contributed by atoms with Crippen LogP contribution in [0.25, 0.3) is 0 Å². The number of ether oxygens (including phenoxy) is 2. The molecule has 3 nitrogen and oxygen atoms in total. The van der Waals surface area contributed by atoms with E-state index >= 15 is 0 Å². The van der Waals surface area contributed by atoms with E-state index in [1.165, 1.54) is 0 Å². The second-order valence-corrected chi connectivity index (χ2v) is 3.77. The van der Waals surface area contributed by atoms with Crippen LogP contribution in [0.1, 0.15) is 19.8 Å². The van der Waals surface area contributed by atoms with Gasteiger partial charge in [-0.25, -0.2) is 0 Å². The van der Waals surface area contributed by atoms with Crippen LogP contribution in [0.5, 0.6) is 0 Å². The molecule has 0 aromatic rings. The first-order valence-corrected chi connectivity index (χ1v) is 4.81. The maximum atomic E-state index is 5.64. The molecule has 0 bridgehead atoms. The second kappa shape index (κ2) is 3.73. The molecule has 2 unspecified atom stereocenters. The highest BCUT2D eigenvalue weighted by atomic mass is 16.5. The molecule has 1 N–H and O–H groups in total. The van der Waals surface area contributed by atoms with Crippen molar-refractivity contribution in [2.24, 2.45) is 5.92 Å². The average Bonchev–Trinajstić information content (AvgIpc) is 2.54. The Kier molecular flexibility index (Phi) is 2.63. The predicted molar refractivity (Wildman–Crippen MR) is 45.9 cm³/mol. The van der Waals surface area contributed by atoms with Crippen LogP contribution < -0.4 is 5.32 Å². The Labute approximate surface area is 73.4 Å². The Balaban J connectivity index is 1.83. The first kappa shape index (κ1) is 8.48. The molecule has 0 aromatic carbocycles. The first-order chi connectivity index (χ1) is 5.86. The van der Waals surface area contributed by atoms with Crippen LogP contribution >= 0.6 is 0 Å². The fourth-order valence-corrected chi connectivity index (χ4v) is 1.92. The summed E-state index contributed by atoms with van der Waals surface area (Å²) in [6.07, 6.45) is 2.58. The summed E-state index contributed by atoms with van der Waals surface area (Å²) in [5.41, 5.74) is 0. The monoisotopic (exact) mass is 171 g/mol. The Morgan fingerprint density at radius 1 is 1.25 bits per heavy atom. The maximum absolute atomic E-state index is 5.64. The summed E-state index contributed by atoms with van der Waals surface area (Å²) in [5.74, 6) is 0.670. The second-order valence-electron chi connectivity index (χ2n) is 3.77. The van der Waals surface area contributed by atoms with Gasteiger partial charge in [0.2, 0.25) is 0 Å². The van der Waals surface area contributed by atoms with Crippen molar-refractivity contribution in [1.29, 1.82) is 0 Å². The largest absolute Gasteiger partial charge is 0.381 e. The van der Waals surface area contributed by atoms with E-state index in [-0.39, 0.29) is 0 Å². The van der Waals surface area contributed by atoms with Crippen LogP contribution in [0.4, 0.5) is 0 Å². The van der Waals surface area contributed by atoms with Crippen LogP contribution in [0.15, 0.2) is 0 Å². The number of hydrogen-bond acceptors (Lipinski definition) is 3. The highest BCUT2D eigenvalue weighted by molar-refractivity contribution is 4.79. The van der Waals surface area contributed by atoms with Crippen LogP contribution in [0, 0.1) is 5.92 Å². The molecule has 12 heavy (non-hydrogen) atoms. The van der Waals surface area contributed by atoms with Gasteiger partial charge in [-0.15, -0.1) is 0 Å². The third kappa shape index (κ3) is 1.79. The summed E-state index contributed by atoms with van der Waals surface area (Å²) in [7, 11) is 0. The fraction of sp³-hybridized carbons (Fsp3) is 1.00. The minimum absolute atomic E-state index is 0.295. The Hall–Kier alpha value is -0.120. The summed E-state index contributed by atoms with van der Waals surface area (Å²) in [6, 6.07) is 0.526. The summed E-state index contributed by atoms with van der Waals surface area (Å²) in [4.78, 5) is 0. The zero-order valence-electron chi connectivity index (χ0n) is 7.58. The molecule has 2 aliphatic rings. The van der Waals surface area contributed by atoms with Gasteiger partial charge in [0.1, 0.15) is 6.23 Å². The summed E-state index contributed by atoms with van der Waals surface area (Å²) < 4.78 is 10.9. The quantitative estimate of drug-likeness (QED) is 0.631. The molecular formula is C9H17NO2. The van der Waals surface area contributed by atoms with E-state index in [0.717, 1.165) is 32.7 Å². The van der Waals surface area contributed by atoms with Crippen molar-refractivity contribution in [2.75, 3.05) is 19.8 Å². The summed E-state index contributed by atoms with van der Waals surface area (Å²) >= 11 is 0. The van der Waals surface area contributed by atoms with Crippen LogP contribution in [0.2, 0.25) is 0 Å². The fourth-order valence-electron chi connectivity index (χ4n) is 1.92. The van der Waals surface area contributed by atoms with E-state index in [9.17, 15) is 0 Å². The number of nitrogens with one attached hydrogen (secondary N) is 1. The van der Waals surface area contributed by atoms with Crippen molar-refractivity contribution < 1.29 is 9.47 Å². The van der Waals surface area contributed by atoms with E-state index in [1.54, 1.807) is 0 Å². The van der Waals surface area contributed by atoms with Crippen molar-refractivity contribution in [3.8, 4) is 0 Å². The van der Waals surface area contributed by atoms with Crippen LogP contribution in [-0.4, -0.2) is 32.1 Å². The predicted octanol–water partition coefficient (Wildman–Crippen LogP) is 0.747. The smallest absolute Gasteiger partial charge is 0.111 e. The molecule has 3 heteroatoms. The zero-order chi connectivity index (χ0) is 8.39. The van der Waals surface area contributed by atoms with Crippen LogP contribution in [0.3, 0.4) is 0 Å². The topological polar surface area (TPSA) is 30.5 Å². The van der Waals surface area contributed by atoms with Gasteiger partial charge in [0.25, 0.3) is 0 Å².